The number of hydrogen-bond donors (Lipinski definition) is 2. The van der Waals surface area contributed by atoms with Crippen LogP contribution in [0.5, 0.6) is 0 Å². The maximum absolute atomic E-state index is 11.9. The second kappa shape index (κ2) is 4.31. The average Bonchev–Trinajstić information content (AvgIpc) is 2.65. The normalized spacial score (nSPS) is 31.2. The lowest BCUT2D eigenvalue weighted by Crippen LogP contribution is -2.31. The van der Waals surface area contributed by atoms with E-state index < -0.39 is 11.9 Å². The predicted molar refractivity (Wildman–Crippen MR) is 63.4 cm³/mol. The van der Waals surface area contributed by atoms with E-state index in [-0.39, 0.29) is 17.2 Å². The molecule has 0 heterocycles. The lowest BCUT2D eigenvalue weighted by Gasteiger charge is -2.10. The second-order valence-corrected chi connectivity index (χ2v) is 6.01. The fourth-order valence-corrected chi connectivity index (χ4v) is 3.16. The zero-order valence-electron chi connectivity index (χ0n) is 10.5. The number of amides is 1. The number of carbonyl (C=O) groups is 2. The molecule has 2 unspecified atom stereocenters. The molecule has 0 radical (unpaired) electrons. The summed E-state index contributed by atoms with van der Waals surface area (Å²) in [6, 6.07) is 0. The van der Waals surface area contributed by atoms with Crippen LogP contribution >= 0.6 is 0 Å². The molecule has 2 rings (SSSR count). The number of hydrogen-bond acceptors (Lipinski definition) is 2. The summed E-state index contributed by atoms with van der Waals surface area (Å²) in [6.45, 7) is 4.43. The van der Waals surface area contributed by atoms with E-state index in [9.17, 15) is 9.59 Å². The van der Waals surface area contributed by atoms with Crippen LogP contribution < -0.4 is 5.32 Å². The van der Waals surface area contributed by atoms with Gasteiger partial charge in [-0.05, 0) is 24.2 Å². The maximum atomic E-state index is 11.9. The van der Waals surface area contributed by atoms with E-state index in [0.717, 1.165) is 6.54 Å². The summed E-state index contributed by atoms with van der Waals surface area (Å²) in [7, 11) is 0. The van der Waals surface area contributed by atoms with Crippen molar-refractivity contribution in [3.8, 4) is 0 Å². The highest BCUT2D eigenvalue weighted by atomic mass is 16.4. The minimum Gasteiger partial charge on any atom is -0.481 e. The van der Waals surface area contributed by atoms with E-state index in [0.29, 0.717) is 5.92 Å². The fraction of sp³-hybridized carbons (Fsp3) is 0.846. The first kappa shape index (κ1) is 12.4. The van der Waals surface area contributed by atoms with Crippen molar-refractivity contribution in [3.63, 3.8) is 0 Å². The van der Waals surface area contributed by atoms with Gasteiger partial charge in [-0.2, -0.15) is 0 Å². The number of carboxylic acid groups (broad SMARTS) is 1. The van der Waals surface area contributed by atoms with E-state index >= 15 is 0 Å². The fourth-order valence-electron chi connectivity index (χ4n) is 3.16. The van der Waals surface area contributed by atoms with Crippen molar-refractivity contribution >= 4 is 11.9 Å². The Hall–Kier alpha value is -1.06. The van der Waals surface area contributed by atoms with Crippen LogP contribution in [0, 0.1) is 23.2 Å². The van der Waals surface area contributed by atoms with Crippen LogP contribution in [-0.4, -0.2) is 23.5 Å². The van der Waals surface area contributed by atoms with Crippen molar-refractivity contribution in [1.82, 2.24) is 5.32 Å². The lowest BCUT2D eigenvalue weighted by atomic mass is 10.1. The molecule has 0 aromatic heterocycles. The van der Waals surface area contributed by atoms with Gasteiger partial charge in [0.05, 0.1) is 11.8 Å². The molecule has 0 bridgehead atoms. The Kier molecular flexibility index (Phi) is 3.15. The van der Waals surface area contributed by atoms with Gasteiger partial charge in [-0.25, -0.2) is 0 Å². The van der Waals surface area contributed by atoms with Crippen LogP contribution in [0.25, 0.3) is 0 Å². The molecule has 2 aliphatic carbocycles. The summed E-state index contributed by atoms with van der Waals surface area (Å²) >= 11 is 0. The highest BCUT2D eigenvalue weighted by Gasteiger charge is 2.65. The number of aliphatic carboxylic acids is 1. The SMILES string of the molecule is CC1(C)C(C(=O)O)C1C(=O)NCC1CCCC1. The van der Waals surface area contributed by atoms with Gasteiger partial charge in [0.15, 0.2) is 0 Å². The lowest BCUT2D eigenvalue weighted by molar-refractivity contribution is -0.140. The first-order valence-corrected chi connectivity index (χ1v) is 6.45. The van der Waals surface area contributed by atoms with E-state index in [1.54, 1.807) is 0 Å². The van der Waals surface area contributed by atoms with Gasteiger partial charge in [-0.1, -0.05) is 26.7 Å². The molecule has 0 aliphatic heterocycles. The third kappa shape index (κ3) is 2.31. The molecular formula is C13H21NO3. The van der Waals surface area contributed by atoms with Crippen LogP contribution in [0.15, 0.2) is 0 Å². The first-order valence-electron chi connectivity index (χ1n) is 6.45. The second-order valence-electron chi connectivity index (χ2n) is 6.01. The van der Waals surface area contributed by atoms with Crippen LogP contribution in [0.4, 0.5) is 0 Å². The Morgan fingerprint density at radius 3 is 2.29 bits per heavy atom. The zero-order valence-corrected chi connectivity index (χ0v) is 10.5. The summed E-state index contributed by atoms with van der Waals surface area (Å²) in [6.07, 6.45) is 4.90. The third-order valence-corrected chi connectivity index (χ3v) is 4.42. The van der Waals surface area contributed by atoms with Gasteiger partial charge in [-0.15, -0.1) is 0 Å². The predicted octanol–water partition coefficient (Wildman–Crippen LogP) is 1.65. The topological polar surface area (TPSA) is 66.4 Å². The van der Waals surface area contributed by atoms with Gasteiger partial charge in [0.1, 0.15) is 0 Å². The van der Waals surface area contributed by atoms with Gasteiger partial charge in [0, 0.05) is 6.54 Å². The first-order chi connectivity index (χ1) is 7.94. The Balaban J connectivity index is 1.82. The van der Waals surface area contributed by atoms with Crippen molar-refractivity contribution in [2.75, 3.05) is 6.54 Å². The molecule has 2 aliphatic rings. The zero-order chi connectivity index (χ0) is 12.6. The average molecular weight is 239 g/mol. The Bertz CT molecular complexity index is 332. The van der Waals surface area contributed by atoms with Gasteiger partial charge in [0.25, 0.3) is 0 Å². The number of carbonyl (C=O) groups excluding carboxylic acids is 1. The highest BCUT2D eigenvalue weighted by molar-refractivity contribution is 5.91. The molecule has 17 heavy (non-hydrogen) atoms. The van der Waals surface area contributed by atoms with Crippen LogP contribution in [0.2, 0.25) is 0 Å². The van der Waals surface area contributed by atoms with Crippen LogP contribution in [0.3, 0.4) is 0 Å². The molecule has 0 spiro atoms. The molecule has 4 nitrogen and oxygen atoms in total. The summed E-state index contributed by atoms with van der Waals surface area (Å²) in [5.41, 5.74) is -0.383. The third-order valence-electron chi connectivity index (χ3n) is 4.42. The number of carboxylic acids is 1. The van der Waals surface area contributed by atoms with Crippen molar-refractivity contribution in [2.24, 2.45) is 23.2 Å². The molecule has 0 aromatic rings. The van der Waals surface area contributed by atoms with Gasteiger partial charge in [0.2, 0.25) is 5.91 Å². The van der Waals surface area contributed by atoms with Crippen LogP contribution in [0.1, 0.15) is 39.5 Å². The molecule has 0 saturated heterocycles. The highest BCUT2D eigenvalue weighted by Crippen LogP contribution is 2.58. The molecule has 2 N–H and O–H groups in total. The number of nitrogens with one attached hydrogen (secondary N) is 1. The minimum absolute atomic E-state index is 0.0747. The molecule has 2 atom stereocenters. The molecular weight excluding hydrogens is 218 g/mol. The van der Waals surface area contributed by atoms with Crippen LogP contribution in [-0.2, 0) is 9.59 Å². The van der Waals surface area contributed by atoms with Crippen molar-refractivity contribution in [3.05, 3.63) is 0 Å². The van der Waals surface area contributed by atoms with Gasteiger partial charge >= 0.3 is 5.97 Å². The summed E-state index contributed by atoms with van der Waals surface area (Å²) < 4.78 is 0. The summed E-state index contributed by atoms with van der Waals surface area (Å²) in [4.78, 5) is 22.9. The summed E-state index contributed by atoms with van der Waals surface area (Å²) in [5.74, 6) is -1.18. The quantitative estimate of drug-likeness (QED) is 0.784. The maximum Gasteiger partial charge on any atom is 0.307 e. The molecule has 2 fully saturated rings. The molecule has 0 aromatic carbocycles. The van der Waals surface area contributed by atoms with Crippen molar-refractivity contribution < 1.29 is 14.7 Å². The molecule has 2 saturated carbocycles. The molecule has 4 heteroatoms. The van der Waals surface area contributed by atoms with E-state index in [2.05, 4.69) is 5.32 Å². The monoisotopic (exact) mass is 239 g/mol. The number of rotatable bonds is 4. The van der Waals surface area contributed by atoms with E-state index in [1.807, 2.05) is 13.8 Å². The molecule has 96 valence electrons. The van der Waals surface area contributed by atoms with Gasteiger partial charge in [-0.3, -0.25) is 9.59 Å². The Labute approximate surface area is 102 Å². The van der Waals surface area contributed by atoms with E-state index in [4.69, 9.17) is 5.11 Å². The Morgan fingerprint density at radius 2 is 1.82 bits per heavy atom. The smallest absolute Gasteiger partial charge is 0.307 e. The minimum atomic E-state index is -0.851. The Morgan fingerprint density at radius 1 is 1.24 bits per heavy atom. The summed E-state index contributed by atoms with van der Waals surface area (Å²) in [5, 5.41) is 11.9. The molecule has 1 amide bonds. The van der Waals surface area contributed by atoms with Crippen molar-refractivity contribution in [2.45, 2.75) is 39.5 Å². The van der Waals surface area contributed by atoms with E-state index in [1.165, 1.54) is 25.7 Å². The van der Waals surface area contributed by atoms with Crippen molar-refractivity contribution in [1.29, 1.82) is 0 Å². The largest absolute Gasteiger partial charge is 0.481 e. The standard InChI is InChI=1S/C13H21NO3/c1-13(2)9(10(13)12(16)17)11(15)14-7-8-5-3-4-6-8/h8-10H,3-7H2,1-2H3,(H,14,15)(H,16,17). The van der Waals surface area contributed by atoms with Gasteiger partial charge < -0.3 is 10.4 Å².